The average molecular weight is 198 g/mol. The van der Waals surface area contributed by atoms with Gasteiger partial charge in [0.1, 0.15) is 0 Å². The van der Waals surface area contributed by atoms with Crippen molar-refractivity contribution in [2.45, 2.75) is 26.5 Å². The van der Waals surface area contributed by atoms with Gasteiger partial charge in [-0.25, -0.2) is 4.79 Å². The predicted octanol–water partition coefficient (Wildman–Crippen LogP) is -0.198. The van der Waals surface area contributed by atoms with Crippen molar-refractivity contribution in [1.29, 1.82) is 0 Å². The van der Waals surface area contributed by atoms with E-state index >= 15 is 0 Å². The lowest BCUT2D eigenvalue weighted by Crippen LogP contribution is -2.12. The summed E-state index contributed by atoms with van der Waals surface area (Å²) in [6, 6.07) is 0. The van der Waals surface area contributed by atoms with Crippen molar-refractivity contribution >= 4 is 5.97 Å². The van der Waals surface area contributed by atoms with Crippen LogP contribution in [0.4, 0.5) is 0 Å². The summed E-state index contributed by atoms with van der Waals surface area (Å²) in [5.74, 6) is -0.455. The van der Waals surface area contributed by atoms with Gasteiger partial charge in [-0.2, -0.15) is 0 Å². The summed E-state index contributed by atoms with van der Waals surface area (Å²) >= 11 is 0. The maximum atomic E-state index is 11.3. The molecule has 0 aliphatic rings. The summed E-state index contributed by atoms with van der Waals surface area (Å²) < 4.78 is 6.45. The number of nitrogens with two attached hydrogens (primary N) is 1. The van der Waals surface area contributed by atoms with E-state index in [0.717, 1.165) is 0 Å². The molecule has 0 amide bonds. The fourth-order valence-electron chi connectivity index (χ4n) is 0.908. The van der Waals surface area contributed by atoms with Crippen LogP contribution < -0.4 is 5.73 Å². The van der Waals surface area contributed by atoms with Crippen LogP contribution in [0.5, 0.6) is 0 Å². The highest BCUT2D eigenvalue weighted by Gasteiger charge is 2.13. The first kappa shape index (κ1) is 10.6. The molecule has 0 unspecified atom stereocenters. The molecule has 0 bridgehead atoms. The van der Waals surface area contributed by atoms with Gasteiger partial charge < -0.3 is 10.5 Å². The number of ether oxygens (including phenoxy) is 1. The van der Waals surface area contributed by atoms with E-state index in [2.05, 4.69) is 10.3 Å². The van der Waals surface area contributed by atoms with Crippen LogP contribution in [-0.2, 0) is 11.3 Å². The van der Waals surface area contributed by atoms with Gasteiger partial charge in [-0.15, -0.1) is 5.10 Å². The van der Waals surface area contributed by atoms with E-state index in [-0.39, 0.29) is 11.8 Å². The molecule has 0 aromatic carbocycles. The first-order chi connectivity index (χ1) is 6.63. The molecule has 0 aliphatic carbocycles. The normalized spacial score (nSPS) is 10.6. The van der Waals surface area contributed by atoms with Crippen molar-refractivity contribution in [3.8, 4) is 0 Å². The minimum absolute atomic E-state index is 0.151. The van der Waals surface area contributed by atoms with Crippen molar-refractivity contribution in [3.05, 3.63) is 11.9 Å². The Labute approximate surface area is 82.0 Å². The third-order valence-corrected chi connectivity index (χ3v) is 1.45. The molecule has 6 nitrogen and oxygen atoms in total. The number of hydrogen-bond donors (Lipinski definition) is 1. The molecule has 14 heavy (non-hydrogen) atoms. The molecule has 6 heteroatoms. The van der Waals surface area contributed by atoms with Crippen LogP contribution in [0.25, 0.3) is 0 Å². The Hall–Kier alpha value is -1.43. The van der Waals surface area contributed by atoms with Gasteiger partial charge in [-0.1, -0.05) is 5.21 Å². The zero-order chi connectivity index (χ0) is 10.6. The number of carbonyl (C=O) groups excluding carboxylic acids is 1. The first-order valence-corrected chi connectivity index (χ1v) is 4.44. The highest BCUT2D eigenvalue weighted by molar-refractivity contribution is 5.86. The zero-order valence-electron chi connectivity index (χ0n) is 8.30. The second kappa shape index (κ2) is 4.71. The van der Waals surface area contributed by atoms with E-state index in [1.54, 1.807) is 13.8 Å². The lowest BCUT2D eigenvalue weighted by Gasteiger charge is -2.04. The molecule has 0 atom stereocenters. The Morgan fingerprint density at radius 2 is 2.43 bits per heavy atom. The Kier molecular flexibility index (Phi) is 3.58. The topological polar surface area (TPSA) is 83.0 Å². The van der Waals surface area contributed by atoms with E-state index in [4.69, 9.17) is 10.5 Å². The molecule has 78 valence electrons. The number of aromatic nitrogens is 3. The summed E-state index contributed by atoms with van der Waals surface area (Å²) in [6.45, 7) is 4.56. The minimum atomic E-state index is -0.455. The second-order valence-electron chi connectivity index (χ2n) is 3.11. The molecular formula is C8H14N4O2. The molecule has 0 spiro atoms. The predicted molar refractivity (Wildman–Crippen MR) is 49.6 cm³/mol. The molecule has 1 aromatic rings. The maximum Gasteiger partial charge on any atom is 0.360 e. The summed E-state index contributed by atoms with van der Waals surface area (Å²) in [5, 5.41) is 7.39. The SMILES string of the molecule is CC(C)OC(=O)c1cn(CCN)nn1. The third-order valence-electron chi connectivity index (χ3n) is 1.45. The number of carbonyl (C=O) groups is 1. The van der Waals surface area contributed by atoms with Crippen molar-refractivity contribution in [2.75, 3.05) is 6.54 Å². The van der Waals surface area contributed by atoms with E-state index in [1.165, 1.54) is 10.9 Å². The second-order valence-corrected chi connectivity index (χ2v) is 3.11. The van der Waals surface area contributed by atoms with Gasteiger partial charge in [-0.05, 0) is 13.8 Å². The van der Waals surface area contributed by atoms with E-state index in [0.29, 0.717) is 13.1 Å². The van der Waals surface area contributed by atoms with Crippen molar-refractivity contribution in [3.63, 3.8) is 0 Å². The summed E-state index contributed by atoms with van der Waals surface area (Å²) in [5.41, 5.74) is 5.54. The van der Waals surface area contributed by atoms with Gasteiger partial charge in [0.05, 0.1) is 18.8 Å². The molecule has 0 radical (unpaired) electrons. The molecule has 1 heterocycles. The van der Waals surface area contributed by atoms with E-state index in [1.807, 2.05) is 0 Å². The van der Waals surface area contributed by atoms with Crippen molar-refractivity contribution < 1.29 is 9.53 Å². The van der Waals surface area contributed by atoms with Gasteiger partial charge in [0.15, 0.2) is 5.69 Å². The van der Waals surface area contributed by atoms with Crippen LogP contribution in [0.15, 0.2) is 6.20 Å². The third kappa shape index (κ3) is 2.81. The number of nitrogens with zero attached hydrogens (tertiary/aromatic N) is 3. The lowest BCUT2D eigenvalue weighted by molar-refractivity contribution is 0.0370. The van der Waals surface area contributed by atoms with Gasteiger partial charge in [0.2, 0.25) is 0 Å². The fraction of sp³-hybridized carbons (Fsp3) is 0.625. The maximum absolute atomic E-state index is 11.3. The standard InChI is InChI=1S/C8H14N4O2/c1-6(2)14-8(13)7-5-12(4-3-9)11-10-7/h5-6H,3-4,9H2,1-2H3. The van der Waals surface area contributed by atoms with Gasteiger partial charge >= 0.3 is 5.97 Å². The molecule has 0 fully saturated rings. The van der Waals surface area contributed by atoms with E-state index in [9.17, 15) is 4.79 Å². The Morgan fingerprint density at radius 1 is 1.71 bits per heavy atom. The van der Waals surface area contributed by atoms with Crippen LogP contribution in [-0.4, -0.2) is 33.6 Å². The summed E-state index contributed by atoms with van der Waals surface area (Å²) in [6.07, 6.45) is 1.37. The highest BCUT2D eigenvalue weighted by Crippen LogP contribution is 1.99. The van der Waals surface area contributed by atoms with Crippen LogP contribution in [0, 0.1) is 0 Å². The Morgan fingerprint density at radius 3 is 3.00 bits per heavy atom. The van der Waals surface area contributed by atoms with Gasteiger partial charge in [0.25, 0.3) is 0 Å². The Balaban J connectivity index is 2.62. The highest BCUT2D eigenvalue weighted by atomic mass is 16.5. The smallest absolute Gasteiger partial charge is 0.360 e. The molecule has 0 aliphatic heterocycles. The van der Waals surface area contributed by atoms with Gasteiger partial charge in [0, 0.05) is 6.54 Å². The minimum Gasteiger partial charge on any atom is -0.458 e. The largest absolute Gasteiger partial charge is 0.458 e. The Bertz CT molecular complexity index is 308. The summed E-state index contributed by atoms with van der Waals surface area (Å²) in [7, 11) is 0. The number of hydrogen-bond acceptors (Lipinski definition) is 5. The molecule has 0 saturated carbocycles. The fourth-order valence-corrected chi connectivity index (χ4v) is 0.908. The van der Waals surface area contributed by atoms with Crippen molar-refractivity contribution in [1.82, 2.24) is 15.0 Å². The van der Waals surface area contributed by atoms with E-state index < -0.39 is 5.97 Å². The average Bonchev–Trinajstić information content (AvgIpc) is 2.52. The van der Waals surface area contributed by atoms with Crippen molar-refractivity contribution in [2.24, 2.45) is 5.73 Å². The summed E-state index contributed by atoms with van der Waals surface area (Å²) in [4.78, 5) is 11.3. The first-order valence-electron chi connectivity index (χ1n) is 4.44. The molecule has 1 aromatic heterocycles. The lowest BCUT2D eigenvalue weighted by atomic mass is 10.4. The number of esters is 1. The van der Waals surface area contributed by atoms with Crippen LogP contribution >= 0.6 is 0 Å². The van der Waals surface area contributed by atoms with Crippen LogP contribution in [0.2, 0.25) is 0 Å². The molecular weight excluding hydrogens is 184 g/mol. The molecule has 0 saturated heterocycles. The zero-order valence-corrected chi connectivity index (χ0v) is 8.30. The monoisotopic (exact) mass is 198 g/mol. The number of rotatable bonds is 4. The molecule has 1 rings (SSSR count). The van der Waals surface area contributed by atoms with Crippen LogP contribution in [0.3, 0.4) is 0 Å². The van der Waals surface area contributed by atoms with Gasteiger partial charge in [-0.3, -0.25) is 4.68 Å². The quantitative estimate of drug-likeness (QED) is 0.677. The van der Waals surface area contributed by atoms with Crippen LogP contribution in [0.1, 0.15) is 24.3 Å². The molecule has 2 N–H and O–H groups in total.